The third-order valence-electron chi connectivity index (χ3n) is 3.76. The fourth-order valence-electron chi connectivity index (χ4n) is 2.58. The summed E-state index contributed by atoms with van der Waals surface area (Å²) in [6.07, 6.45) is 1.76. The molecule has 2 rings (SSSR count). The zero-order valence-corrected chi connectivity index (χ0v) is 14.3. The number of halogens is 1. The molecular formula is C15H22ClN3O2S. The molecule has 22 heavy (non-hydrogen) atoms. The Balaban J connectivity index is 1.65. The normalized spacial score (nSPS) is 16.5. The summed E-state index contributed by atoms with van der Waals surface area (Å²) in [6.45, 7) is 5.22. The molecule has 1 fully saturated rings. The van der Waals surface area contributed by atoms with E-state index in [1.54, 1.807) is 11.3 Å². The minimum atomic E-state index is -0.0729. The minimum Gasteiger partial charge on any atom is -0.355 e. The second-order valence-electron chi connectivity index (χ2n) is 5.53. The van der Waals surface area contributed by atoms with Gasteiger partial charge in [-0.2, -0.15) is 0 Å². The van der Waals surface area contributed by atoms with Crippen molar-refractivity contribution in [1.29, 1.82) is 0 Å². The molecule has 0 radical (unpaired) electrons. The Bertz CT molecular complexity index is 513. The van der Waals surface area contributed by atoms with Crippen molar-refractivity contribution in [2.45, 2.75) is 26.3 Å². The van der Waals surface area contributed by atoms with Crippen LogP contribution in [-0.4, -0.2) is 42.9 Å². The molecule has 0 bridgehead atoms. The summed E-state index contributed by atoms with van der Waals surface area (Å²) >= 11 is 7.56. The smallest absolute Gasteiger partial charge is 0.223 e. The Morgan fingerprint density at radius 1 is 1.27 bits per heavy atom. The van der Waals surface area contributed by atoms with E-state index < -0.39 is 0 Å². The number of thiophene rings is 1. The first-order chi connectivity index (χ1) is 10.5. The van der Waals surface area contributed by atoms with Crippen LogP contribution in [0.2, 0.25) is 4.34 Å². The highest BCUT2D eigenvalue weighted by atomic mass is 35.5. The lowest BCUT2D eigenvalue weighted by Gasteiger charge is -2.30. The molecule has 2 heterocycles. The van der Waals surface area contributed by atoms with Gasteiger partial charge in [0.05, 0.1) is 4.34 Å². The molecule has 0 saturated carbocycles. The van der Waals surface area contributed by atoms with E-state index in [-0.39, 0.29) is 17.7 Å². The summed E-state index contributed by atoms with van der Waals surface area (Å²) in [7, 11) is 0. The second-order valence-corrected chi connectivity index (χ2v) is 7.33. The van der Waals surface area contributed by atoms with Gasteiger partial charge in [0.1, 0.15) is 0 Å². The van der Waals surface area contributed by atoms with Crippen molar-refractivity contribution in [3.05, 3.63) is 21.3 Å². The fraction of sp³-hybridized carbons (Fsp3) is 0.600. The maximum Gasteiger partial charge on any atom is 0.223 e. The van der Waals surface area contributed by atoms with E-state index in [2.05, 4.69) is 21.6 Å². The maximum absolute atomic E-state index is 12.1. The van der Waals surface area contributed by atoms with Gasteiger partial charge < -0.3 is 10.6 Å². The molecule has 1 aliphatic rings. The molecule has 0 spiro atoms. The predicted molar refractivity (Wildman–Crippen MR) is 89.0 cm³/mol. The number of piperidine rings is 1. The number of nitrogens with zero attached hydrogens (tertiary/aromatic N) is 1. The predicted octanol–water partition coefficient (Wildman–Crippen LogP) is 1.87. The van der Waals surface area contributed by atoms with E-state index in [9.17, 15) is 9.59 Å². The molecule has 1 aromatic rings. The molecular weight excluding hydrogens is 322 g/mol. The van der Waals surface area contributed by atoms with E-state index >= 15 is 0 Å². The quantitative estimate of drug-likeness (QED) is 0.775. The van der Waals surface area contributed by atoms with Crippen molar-refractivity contribution in [3.63, 3.8) is 0 Å². The summed E-state index contributed by atoms with van der Waals surface area (Å²) < 4.78 is 0.823. The van der Waals surface area contributed by atoms with E-state index in [0.717, 1.165) is 36.8 Å². The molecule has 7 heteroatoms. The number of likely N-dealkylation sites (tertiary alicyclic amines) is 1. The van der Waals surface area contributed by atoms with Crippen LogP contribution in [0.1, 0.15) is 24.6 Å². The SMILES string of the molecule is CC(=O)NCCNC(=O)C1CCN(Cc2ccc(Cl)s2)CC1. The number of hydrogen-bond donors (Lipinski definition) is 2. The van der Waals surface area contributed by atoms with Gasteiger partial charge >= 0.3 is 0 Å². The van der Waals surface area contributed by atoms with Crippen LogP contribution in [0.5, 0.6) is 0 Å². The number of carbonyl (C=O) groups excluding carboxylic acids is 2. The summed E-state index contributed by atoms with van der Waals surface area (Å²) in [4.78, 5) is 26.4. The average Bonchev–Trinajstić information content (AvgIpc) is 2.89. The highest BCUT2D eigenvalue weighted by Gasteiger charge is 2.24. The van der Waals surface area contributed by atoms with Crippen LogP contribution in [0.3, 0.4) is 0 Å². The number of amides is 2. The zero-order valence-electron chi connectivity index (χ0n) is 12.7. The number of nitrogens with one attached hydrogen (secondary N) is 2. The van der Waals surface area contributed by atoms with Crippen LogP contribution in [0, 0.1) is 5.92 Å². The van der Waals surface area contributed by atoms with E-state index in [4.69, 9.17) is 11.6 Å². The molecule has 0 unspecified atom stereocenters. The first-order valence-corrected chi connectivity index (χ1v) is 8.73. The average molecular weight is 344 g/mol. The molecule has 2 amide bonds. The van der Waals surface area contributed by atoms with E-state index in [0.29, 0.717) is 13.1 Å². The lowest BCUT2D eigenvalue weighted by molar-refractivity contribution is -0.126. The van der Waals surface area contributed by atoms with Gasteiger partial charge in [-0.3, -0.25) is 14.5 Å². The number of carbonyl (C=O) groups is 2. The molecule has 1 aliphatic heterocycles. The van der Waals surface area contributed by atoms with Gasteiger partial charge in [0.25, 0.3) is 0 Å². The van der Waals surface area contributed by atoms with Crippen molar-refractivity contribution < 1.29 is 9.59 Å². The monoisotopic (exact) mass is 343 g/mol. The molecule has 5 nitrogen and oxygen atoms in total. The maximum atomic E-state index is 12.1. The Kier molecular flexibility index (Phi) is 6.67. The fourth-order valence-corrected chi connectivity index (χ4v) is 3.71. The molecule has 0 aromatic carbocycles. The Labute approximate surface area is 140 Å². The highest BCUT2D eigenvalue weighted by Crippen LogP contribution is 2.25. The van der Waals surface area contributed by atoms with Gasteiger partial charge in [0, 0.05) is 37.4 Å². The molecule has 0 atom stereocenters. The van der Waals surface area contributed by atoms with Crippen molar-refractivity contribution in [2.24, 2.45) is 5.92 Å². The third kappa shape index (κ3) is 5.59. The van der Waals surface area contributed by atoms with Crippen LogP contribution in [0.25, 0.3) is 0 Å². The molecule has 122 valence electrons. The standard InChI is InChI=1S/C15H22ClN3O2S/c1-11(20)17-6-7-18-15(21)12-4-8-19(9-5-12)10-13-2-3-14(16)22-13/h2-3,12H,4-10H2,1H3,(H,17,20)(H,18,21). The van der Waals surface area contributed by atoms with Crippen LogP contribution in [0.15, 0.2) is 12.1 Å². The number of hydrogen-bond acceptors (Lipinski definition) is 4. The lowest BCUT2D eigenvalue weighted by Crippen LogP contribution is -2.42. The molecule has 1 saturated heterocycles. The van der Waals surface area contributed by atoms with Crippen LogP contribution < -0.4 is 10.6 Å². The summed E-state index contributed by atoms with van der Waals surface area (Å²) in [5, 5.41) is 5.56. The third-order valence-corrected chi connectivity index (χ3v) is 4.98. The molecule has 1 aromatic heterocycles. The first kappa shape index (κ1) is 17.2. The van der Waals surface area contributed by atoms with Crippen molar-refractivity contribution in [1.82, 2.24) is 15.5 Å². The Morgan fingerprint density at radius 3 is 2.55 bits per heavy atom. The van der Waals surface area contributed by atoms with Gasteiger partial charge in [-0.25, -0.2) is 0 Å². The number of rotatable bonds is 6. The topological polar surface area (TPSA) is 61.4 Å². The molecule has 0 aliphatic carbocycles. The summed E-state index contributed by atoms with van der Waals surface area (Å²) in [6, 6.07) is 3.99. The largest absolute Gasteiger partial charge is 0.355 e. The van der Waals surface area contributed by atoms with Gasteiger partial charge in [-0.1, -0.05) is 11.6 Å². The van der Waals surface area contributed by atoms with Crippen molar-refractivity contribution >= 4 is 34.8 Å². The Hall–Kier alpha value is -1.11. The van der Waals surface area contributed by atoms with Crippen molar-refractivity contribution in [2.75, 3.05) is 26.2 Å². The van der Waals surface area contributed by atoms with Gasteiger partial charge in [0.15, 0.2) is 0 Å². The summed E-state index contributed by atoms with van der Waals surface area (Å²) in [5.74, 6) is 0.112. The van der Waals surface area contributed by atoms with Crippen LogP contribution in [0.4, 0.5) is 0 Å². The highest BCUT2D eigenvalue weighted by molar-refractivity contribution is 7.16. The first-order valence-electron chi connectivity index (χ1n) is 7.53. The summed E-state index contributed by atoms with van der Waals surface area (Å²) in [5.41, 5.74) is 0. The van der Waals surface area contributed by atoms with E-state index in [1.165, 1.54) is 11.8 Å². The minimum absolute atomic E-state index is 0.0729. The molecule has 2 N–H and O–H groups in total. The van der Waals surface area contributed by atoms with Crippen molar-refractivity contribution in [3.8, 4) is 0 Å². The van der Waals surface area contributed by atoms with Crippen LogP contribution in [-0.2, 0) is 16.1 Å². The van der Waals surface area contributed by atoms with Gasteiger partial charge in [-0.15, -0.1) is 11.3 Å². The van der Waals surface area contributed by atoms with Crippen LogP contribution >= 0.6 is 22.9 Å². The van der Waals surface area contributed by atoms with Gasteiger partial charge in [0.2, 0.25) is 11.8 Å². The second kappa shape index (κ2) is 8.50. The Morgan fingerprint density at radius 2 is 1.95 bits per heavy atom. The lowest BCUT2D eigenvalue weighted by atomic mass is 9.96. The zero-order chi connectivity index (χ0) is 15.9. The van der Waals surface area contributed by atoms with E-state index in [1.807, 2.05) is 6.07 Å². The van der Waals surface area contributed by atoms with Gasteiger partial charge in [-0.05, 0) is 38.1 Å².